The molecule has 0 aliphatic rings. The first kappa shape index (κ1) is 17.5. The Balaban J connectivity index is 2.04. The summed E-state index contributed by atoms with van der Waals surface area (Å²) in [7, 11) is 6.37. The third kappa shape index (κ3) is 3.11. The highest BCUT2D eigenvalue weighted by Gasteiger charge is 2.19. The Morgan fingerprint density at radius 3 is 2.19 bits per heavy atom. The second-order valence-electron chi connectivity index (χ2n) is 5.51. The molecular formula is C19H19N3O4. The first-order valence-corrected chi connectivity index (χ1v) is 7.88. The fraction of sp³-hybridized carbons (Fsp3) is 0.211. The van der Waals surface area contributed by atoms with E-state index in [1.54, 1.807) is 64.8 Å². The number of carbonyl (C=O) groups is 1. The summed E-state index contributed by atoms with van der Waals surface area (Å²) in [5.41, 5.74) is 1.18. The number of rotatable bonds is 5. The van der Waals surface area contributed by atoms with Gasteiger partial charge in [0, 0.05) is 24.1 Å². The molecule has 0 saturated heterocycles. The summed E-state index contributed by atoms with van der Waals surface area (Å²) in [6.07, 6.45) is 1.42. The van der Waals surface area contributed by atoms with Gasteiger partial charge in [-0.05, 0) is 30.3 Å². The van der Waals surface area contributed by atoms with Crippen molar-refractivity contribution >= 4 is 22.6 Å². The average Bonchev–Trinajstić information content (AvgIpc) is 2.71. The first-order valence-electron chi connectivity index (χ1n) is 7.88. The minimum Gasteiger partial charge on any atom is -0.497 e. The molecule has 0 bridgehead atoms. The maximum absolute atomic E-state index is 12.8. The van der Waals surface area contributed by atoms with Crippen LogP contribution >= 0.6 is 0 Å². The van der Waals surface area contributed by atoms with Gasteiger partial charge >= 0.3 is 0 Å². The molecule has 0 spiro atoms. The van der Waals surface area contributed by atoms with E-state index in [9.17, 15) is 4.79 Å². The Labute approximate surface area is 151 Å². The summed E-state index contributed by atoms with van der Waals surface area (Å²) in [5.74, 6) is 2.09. The highest BCUT2D eigenvalue weighted by molar-refractivity contribution is 6.09. The fourth-order valence-electron chi connectivity index (χ4n) is 2.66. The van der Waals surface area contributed by atoms with Crippen molar-refractivity contribution in [1.29, 1.82) is 0 Å². The highest BCUT2D eigenvalue weighted by Crippen LogP contribution is 2.34. The Morgan fingerprint density at radius 2 is 1.58 bits per heavy atom. The fourth-order valence-corrected chi connectivity index (χ4v) is 2.66. The third-order valence-electron chi connectivity index (χ3n) is 4.08. The molecule has 0 radical (unpaired) electrons. The van der Waals surface area contributed by atoms with E-state index in [1.165, 1.54) is 11.2 Å². The van der Waals surface area contributed by atoms with Crippen LogP contribution in [0.4, 0.5) is 5.82 Å². The zero-order valence-corrected chi connectivity index (χ0v) is 15.0. The molecule has 7 nitrogen and oxygen atoms in total. The maximum Gasteiger partial charge on any atom is 0.259 e. The van der Waals surface area contributed by atoms with Crippen LogP contribution in [0.1, 0.15) is 10.4 Å². The SMILES string of the molecule is COc1ccc(C(=O)N(C)c2ncnc3cc(OC)c(OC)cc23)cc1. The highest BCUT2D eigenvalue weighted by atomic mass is 16.5. The van der Waals surface area contributed by atoms with Gasteiger partial charge in [-0.1, -0.05) is 0 Å². The number of fused-ring (bicyclic) bond motifs is 1. The predicted octanol–water partition coefficient (Wildman–Crippen LogP) is 2.93. The molecule has 3 aromatic rings. The molecule has 134 valence electrons. The molecule has 1 aromatic heterocycles. The molecule has 7 heteroatoms. The van der Waals surface area contributed by atoms with Gasteiger partial charge < -0.3 is 14.2 Å². The largest absolute Gasteiger partial charge is 0.497 e. The van der Waals surface area contributed by atoms with Gasteiger partial charge in [-0.15, -0.1) is 0 Å². The monoisotopic (exact) mass is 353 g/mol. The van der Waals surface area contributed by atoms with Gasteiger partial charge in [-0.2, -0.15) is 0 Å². The van der Waals surface area contributed by atoms with Crippen molar-refractivity contribution in [1.82, 2.24) is 9.97 Å². The topological polar surface area (TPSA) is 73.8 Å². The zero-order valence-electron chi connectivity index (χ0n) is 15.0. The number of nitrogens with zero attached hydrogens (tertiary/aromatic N) is 3. The van der Waals surface area contributed by atoms with E-state index in [1.807, 2.05) is 0 Å². The maximum atomic E-state index is 12.8. The molecule has 0 N–H and O–H groups in total. The molecule has 0 aliphatic carbocycles. The lowest BCUT2D eigenvalue weighted by Gasteiger charge is -2.19. The van der Waals surface area contributed by atoms with Crippen molar-refractivity contribution in [3.8, 4) is 17.2 Å². The quantitative estimate of drug-likeness (QED) is 0.702. The number of carbonyl (C=O) groups excluding carboxylic acids is 1. The van der Waals surface area contributed by atoms with Gasteiger partial charge in [-0.3, -0.25) is 9.69 Å². The number of benzene rings is 2. The van der Waals surface area contributed by atoms with Crippen molar-refractivity contribution in [3.63, 3.8) is 0 Å². The molecule has 1 heterocycles. The number of methoxy groups -OCH3 is 3. The Hall–Kier alpha value is -3.35. The number of aromatic nitrogens is 2. The molecule has 0 saturated carbocycles. The minimum atomic E-state index is -0.192. The number of hydrogen-bond acceptors (Lipinski definition) is 6. The van der Waals surface area contributed by atoms with Crippen LogP contribution in [-0.2, 0) is 0 Å². The second kappa shape index (κ2) is 7.26. The van der Waals surface area contributed by atoms with E-state index in [2.05, 4.69) is 9.97 Å². The molecule has 0 fully saturated rings. The van der Waals surface area contributed by atoms with Crippen LogP contribution in [0.25, 0.3) is 10.9 Å². The van der Waals surface area contributed by atoms with Gasteiger partial charge in [0.25, 0.3) is 5.91 Å². The van der Waals surface area contributed by atoms with E-state index in [-0.39, 0.29) is 5.91 Å². The van der Waals surface area contributed by atoms with E-state index >= 15 is 0 Å². The normalized spacial score (nSPS) is 10.5. The summed E-state index contributed by atoms with van der Waals surface area (Å²) in [4.78, 5) is 22.9. The summed E-state index contributed by atoms with van der Waals surface area (Å²) >= 11 is 0. The van der Waals surface area contributed by atoms with Crippen LogP contribution < -0.4 is 19.1 Å². The number of hydrogen-bond donors (Lipinski definition) is 0. The lowest BCUT2D eigenvalue weighted by atomic mass is 10.1. The van der Waals surface area contributed by atoms with Gasteiger partial charge in [0.15, 0.2) is 11.5 Å². The van der Waals surface area contributed by atoms with E-state index in [0.717, 1.165) is 0 Å². The van der Waals surface area contributed by atoms with Crippen molar-refractivity contribution in [2.75, 3.05) is 33.3 Å². The predicted molar refractivity (Wildman–Crippen MR) is 98.4 cm³/mol. The van der Waals surface area contributed by atoms with Crippen LogP contribution in [0, 0.1) is 0 Å². The Morgan fingerprint density at radius 1 is 0.923 bits per heavy atom. The van der Waals surface area contributed by atoms with Gasteiger partial charge in [-0.25, -0.2) is 9.97 Å². The molecule has 0 unspecified atom stereocenters. The zero-order chi connectivity index (χ0) is 18.7. The summed E-state index contributed by atoms with van der Waals surface area (Å²) < 4.78 is 15.8. The number of ether oxygens (including phenoxy) is 3. The van der Waals surface area contributed by atoms with E-state index in [4.69, 9.17) is 14.2 Å². The average molecular weight is 353 g/mol. The molecule has 2 aromatic carbocycles. The van der Waals surface area contributed by atoms with Crippen LogP contribution in [0.2, 0.25) is 0 Å². The third-order valence-corrected chi connectivity index (χ3v) is 4.08. The van der Waals surface area contributed by atoms with Crippen molar-refractivity contribution in [2.24, 2.45) is 0 Å². The molecule has 26 heavy (non-hydrogen) atoms. The summed E-state index contributed by atoms with van der Waals surface area (Å²) in [6.45, 7) is 0. The van der Waals surface area contributed by atoms with Crippen molar-refractivity contribution in [3.05, 3.63) is 48.3 Å². The van der Waals surface area contributed by atoms with Crippen LogP contribution in [-0.4, -0.2) is 44.3 Å². The minimum absolute atomic E-state index is 0.192. The van der Waals surface area contributed by atoms with Crippen LogP contribution in [0.15, 0.2) is 42.7 Å². The van der Waals surface area contributed by atoms with Gasteiger partial charge in [0.2, 0.25) is 0 Å². The van der Waals surface area contributed by atoms with Gasteiger partial charge in [0.05, 0.1) is 26.8 Å². The second-order valence-corrected chi connectivity index (χ2v) is 5.51. The van der Waals surface area contributed by atoms with Crippen LogP contribution in [0.3, 0.4) is 0 Å². The lowest BCUT2D eigenvalue weighted by molar-refractivity contribution is 0.0992. The Kier molecular flexibility index (Phi) is 4.88. The Bertz CT molecular complexity index is 941. The van der Waals surface area contributed by atoms with E-state index < -0.39 is 0 Å². The van der Waals surface area contributed by atoms with Gasteiger partial charge in [0.1, 0.15) is 17.9 Å². The number of amides is 1. The van der Waals surface area contributed by atoms with Crippen molar-refractivity contribution < 1.29 is 19.0 Å². The molecule has 0 atom stereocenters. The van der Waals surface area contributed by atoms with E-state index in [0.29, 0.717) is 39.5 Å². The molecular weight excluding hydrogens is 334 g/mol. The molecule has 0 aliphatic heterocycles. The summed E-state index contributed by atoms with van der Waals surface area (Å²) in [5, 5.41) is 0.689. The molecule has 3 rings (SSSR count). The molecule has 1 amide bonds. The first-order chi connectivity index (χ1) is 12.6. The standard InChI is InChI=1S/C19H19N3O4/c1-22(19(23)12-5-7-13(24-2)8-6-12)18-14-9-16(25-3)17(26-4)10-15(14)20-11-21-18/h5-11H,1-4H3. The smallest absolute Gasteiger partial charge is 0.259 e. The van der Waals surface area contributed by atoms with Crippen LogP contribution in [0.5, 0.6) is 17.2 Å². The number of anilines is 1. The van der Waals surface area contributed by atoms with Crippen molar-refractivity contribution in [2.45, 2.75) is 0 Å². The lowest BCUT2D eigenvalue weighted by Crippen LogP contribution is -2.27. The summed E-state index contributed by atoms with van der Waals surface area (Å²) in [6, 6.07) is 10.4.